The van der Waals surface area contributed by atoms with Gasteiger partial charge in [-0.1, -0.05) is 97.1 Å². The average molecular weight is 835 g/mol. The van der Waals surface area contributed by atoms with Crippen molar-refractivity contribution in [3.05, 3.63) is 166 Å². The van der Waals surface area contributed by atoms with E-state index in [1.165, 1.54) is 130 Å². The van der Waals surface area contributed by atoms with Crippen LogP contribution in [0.15, 0.2) is 149 Å². The van der Waals surface area contributed by atoms with Crippen molar-refractivity contribution in [2.24, 2.45) is 0 Å². The summed E-state index contributed by atoms with van der Waals surface area (Å²) in [5, 5.41) is 26.3. The number of aryl methyl sites for hydroxylation is 2. The second-order valence-corrected chi connectivity index (χ2v) is 19.5. The summed E-state index contributed by atoms with van der Waals surface area (Å²) < 4.78 is 1.80. The highest BCUT2D eigenvalue weighted by atomic mass is 32.1. The van der Waals surface area contributed by atoms with Crippen LogP contribution < -0.4 is 5.56 Å². The van der Waals surface area contributed by atoms with Crippen LogP contribution in [-0.4, -0.2) is 9.38 Å². The third-order valence-corrected chi connectivity index (χ3v) is 16.9. The Bertz CT molecular complexity index is 4470. The molecule has 1 aliphatic rings. The topological polar surface area (TPSA) is 34.4 Å². The first kappa shape index (κ1) is 33.2. The molecule has 11 aromatic carbocycles. The number of aromatic nitrogens is 2. The number of imidazole rings is 1. The molecule has 0 saturated carbocycles. The molecule has 5 heteroatoms. The molecule has 0 N–H and O–H groups in total. The molecule has 0 atom stereocenters. The molecule has 4 heterocycles. The maximum absolute atomic E-state index is 14.4. The number of hydrogen-bond acceptors (Lipinski definition) is 4. The van der Waals surface area contributed by atoms with Crippen LogP contribution in [0.5, 0.6) is 0 Å². The Morgan fingerprint density at radius 2 is 0.810 bits per heavy atom. The van der Waals surface area contributed by atoms with Gasteiger partial charge < -0.3 is 0 Å². The van der Waals surface area contributed by atoms with Crippen molar-refractivity contribution < 1.29 is 0 Å². The van der Waals surface area contributed by atoms with E-state index in [0.717, 1.165) is 38.2 Å². The Morgan fingerprint density at radius 1 is 0.397 bits per heavy atom. The molecule has 0 unspecified atom stereocenters. The molecular formula is C58H30N2OS2. The van der Waals surface area contributed by atoms with Crippen LogP contribution in [-0.2, 0) is 0 Å². The van der Waals surface area contributed by atoms with E-state index in [9.17, 15) is 4.79 Å². The van der Waals surface area contributed by atoms with Crippen molar-refractivity contribution in [2.75, 3.05) is 0 Å². The molecule has 15 aromatic rings. The van der Waals surface area contributed by atoms with Crippen molar-refractivity contribution >= 4 is 136 Å². The second kappa shape index (κ2) is 11.1. The molecule has 0 amide bonds. The Kier molecular flexibility index (Phi) is 5.87. The van der Waals surface area contributed by atoms with Crippen molar-refractivity contribution in [1.29, 1.82) is 0 Å². The highest BCUT2D eigenvalue weighted by Crippen LogP contribution is 2.61. The van der Waals surface area contributed by atoms with Crippen molar-refractivity contribution in [3.8, 4) is 43.1 Å². The van der Waals surface area contributed by atoms with Crippen molar-refractivity contribution in [1.82, 2.24) is 9.38 Å². The van der Waals surface area contributed by atoms with E-state index in [1.807, 2.05) is 46.9 Å². The fraction of sp³-hybridized carbons (Fsp3) is 0.0345. The van der Waals surface area contributed by atoms with Gasteiger partial charge in [-0.3, -0.25) is 9.20 Å². The maximum atomic E-state index is 14.4. The number of hydrogen-bond donors (Lipinski definition) is 0. The quantitative estimate of drug-likeness (QED) is 0.128. The van der Waals surface area contributed by atoms with Crippen LogP contribution in [0.1, 0.15) is 11.1 Å². The van der Waals surface area contributed by atoms with E-state index in [2.05, 4.69) is 134 Å². The summed E-state index contributed by atoms with van der Waals surface area (Å²) >= 11 is 3.71. The molecule has 3 nitrogen and oxygen atoms in total. The average Bonchev–Trinajstić information content (AvgIpc) is 4.12. The van der Waals surface area contributed by atoms with Crippen molar-refractivity contribution in [3.63, 3.8) is 0 Å². The third-order valence-electron chi connectivity index (χ3n) is 14.8. The van der Waals surface area contributed by atoms with Crippen LogP contribution in [0.4, 0.5) is 0 Å². The minimum atomic E-state index is -0.0164. The van der Waals surface area contributed by atoms with Gasteiger partial charge in [-0.2, -0.15) is 0 Å². The lowest BCUT2D eigenvalue weighted by atomic mass is 9.82. The predicted molar refractivity (Wildman–Crippen MR) is 271 cm³/mol. The fourth-order valence-corrected chi connectivity index (χ4v) is 14.3. The molecule has 290 valence electrons. The minimum absolute atomic E-state index is 0.0164. The smallest absolute Gasteiger partial charge is 0.264 e. The van der Waals surface area contributed by atoms with Crippen LogP contribution in [0.2, 0.25) is 0 Å². The zero-order valence-electron chi connectivity index (χ0n) is 34.0. The predicted octanol–water partition coefficient (Wildman–Crippen LogP) is 16.3. The summed E-state index contributed by atoms with van der Waals surface area (Å²) in [4.78, 5) is 22.1. The fourth-order valence-electron chi connectivity index (χ4n) is 12.3. The number of benzene rings is 11. The number of rotatable bonds is 2. The van der Waals surface area contributed by atoms with Gasteiger partial charge in [0.05, 0.1) is 11.0 Å². The SMILES string of the molecule is Cc1ccsc1-c1c2c(c(-c3sccc3C)c3ccccc13)-c1ccc3c4ccc5c6ccc7c8c(ccc(c9ccc(c%10ccc-2c1c%103)c4c95)c68)c(=O)n1c2ccccc2nc71. The van der Waals surface area contributed by atoms with E-state index >= 15 is 0 Å². The molecule has 63 heavy (non-hydrogen) atoms. The van der Waals surface area contributed by atoms with Gasteiger partial charge in [-0.25, -0.2) is 4.98 Å². The molecule has 4 aromatic heterocycles. The summed E-state index contributed by atoms with van der Waals surface area (Å²) in [6, 6.07) is 49.5. The number of nitrogens with zero attached hydrogens (tertiary/aromatic N) is 2. The summed E-state index contributed by atoms with van der Waals surface area (Å²) in [6.07, 6.45) is 0. The standard InChI is InChI=1S/C58H30N2OS2/c1-27-23-25-62-55(27)53-29-7-3-4-8-30(29)54(56-28(2)24-26-63-56)52-40-20-16-36-32-12-14-34-38-18-22-42-50-41(57-59-43-9-5-6-10-44(43)60(57)58(42)61)21-17-37(48(38)50)33-13-11-31(45(32)46(33)34)35-15-19-39(51(52)53)49(40)47(35)36/h3-26H,1-2H3. The van der Waals surface area contributed by atoms with E-state index in [-0.39, 0.29) is 5.56 Å². The molecule has 0 bridgehead atoms. The molecule has 0 aliphatic heterocycles. The zero-order valence-corrected chi connectivity index (χ0v) is 35.6. The van der Waals surface area contributed by atoms with Gasteiger partial charge in [0, 0.05) is 48.2 Å². The van der Waals surface area contributed by atoms with Crippen LogP contribution in [0.25, 0.3) is 157 Å². The zero-order chi connectivity index (χ0) is 41.1. The lowest BCUT2D eigenvalue weighted by Crippen LogP contribution is -2.13. The summed E-state index contributed by atoms with van der Waals surface area (Å²) in [7, 11) is 0. The number of pyridine rings is 1. The molecule has 16 rings (SSSR count). The lowest BCUT2D eigenvalue weighted by molar-refractivity contribution is 1.19. The molecule has 0 spiro atoms. The summed E-state index contributed by atoms with van der Waals surface area (Å²) in [5.74, 6) is 0. The van der Waals surface area contributed by atoms with Gasteiger partial charge in [0.1, 0.15) is 5.65 Å². The van der Waals surface area contributed by atoms with Crippen LogP contribution >= 0.6 is 22.7 Å². The minimum Gasteiger partial charge on any atom is -0.268 e. The molecule has 1 aliphatic carbocycles. The summed E-state index contributed by atoms with van der Waals surface area (Å²) in [6.45, 7) is 4.53. The van der Waals surface area contributed by atoms with Gasteiger partial charge in [-0.05, 0) is 164 Å². The van der Waals surface area contributed by atoms with Crippen molar-refractivity contribution in [2.45, 2.75) is 13.8 Å². The third kappa shape index (κ3) is 3.75. The molecule has 0 fully saturated rings. The molecular weight excluding hydrogens is 805 g/mol. The van der Waals surface area contributed by atoms with Gasteiger partial charge in [0.15, 0.2) is 0 Å². The normalized spacial score (nSPS) is 13.0. The van der Waals surface area contributed by atoms with E-state index in [4.69, 9.17) is 4.98 Å². The highest BCUT2D eigenvalue weighted by molar-refractivity contribution is 7.14. The first-order chi connectivity index (χ1) is 31.0. The Morgan fingerprint density at radius 3 is 1.30 bits per heavy atom. The number of thiophene rings is 2. The Labute approximate surface area is 366 Å². The maximum Gasteiger partial charge on any atom is 0.264 e. The second-order valence-electron chi connectivity index (χ2n) is 17.7. The van der Waals surface area contributed by atoms with E-state index < -0.39 is 0 Å². The first-order valence-corrected chi connectivity index (χ1v) is 23.3. The molecule has 0 saturated heterocycles. The number of para-hydroxylation sites is 2. The van der Waals surface area contributed by atoms with E-state index in [1.54, 1.807) is 4.40 Å². The number of fused-ring (bicyclic) bond motifs is 12. The van der Waals surface area contributed by atoms with Gasteiger partial charge in [0.2, 0.25) is 0 Å². The van der Waals surface area contributed by atoms with Gasteiger partial charge in [0.25, 0.3) is 5.56 Å². The monoisotopic (exact) mass is 834 g/mol. The largest absolute Gasteiger partial charge is 0.268 e. The summed E-state index contributed by atoms with van der Waals surface area (Å²) in [5.41, 5.74) is 13.1. The van der Waals surface area contributed by atoms with Gasteiger partial charge in [-0.15, -0.1) is 22.7 Å². The Balaban J connectivity index is 1.05. The highest BCUT2D eigenvalue weighted by Gasteiger charge is 2.34. The Hall–Kier alpha value is -7.44. The van der Waals surface area contributed by atoms with Gasteiger partial charge >= 0.3 is 0 Å². The van der Waals surface area contributed by atoms with Crippen LogP contribution in [0.3, 0.4) is 0 Å². The lowest BCUT2D eigenvalue weighted by Gasteiger charge is -2.20. The molecule has 0 radical (unpaired) electrons. The van der Waals surface area contributed by atoms with Crippen LogP contribution in [0, 0.1) is 13.8 Å². The first-order valence-electron chi connectivity index (χ1n) is 21.6. The van der Waals surface area contributed by atoms with E-state index in [0.29, 0.717) is 0 Å².